The van der Waals surface area contributed by atoms with Gasteiger partial charge in [-0.25, -0.2) is 19.3 Å². The van der Waals surface area contributed by atoms with Crippen LogP contribution in [0.25, 0.3) is 16.2 Å². The third-order valence-electron chi connectivity index (χ3n) is 4.02. The van der Waals surface area contributed by atoms with Crippen LogP contribution < -0.4 is 11.4 Å². The maximum Gasteiger partial charge on any atom is 0.333 e. The van der Waals surface area contributed by atoms with Crippen LogP contribution >= 0.6 is 11.3 Å². The summed E-state index contributed by atoms with van der Waals surface area (Å²) in [5.41, 5.74) is 6.90. The molecule has 0 aliphatic carbocycles. The van der Waals surface area contributed by atoms with Crippen molar-refractivity contribution in [3.63, 3.8) is 0 Å². The van der Waals surface area contributed by atoms with Crippen molar-refractivity contribution in [2.75, 3.05) is 0 Å². The number of nitrogens with two attached hydrogens (primary N) is 1. The predicted molar refractivity (Wildman–Crippen MR) is 99.7 cm³/mol. The van der Waals surface area contributed by atoms with Crippen LogP contribution in [0.4, 0.5) is 0 Å². The summed E-state index contributed by atoms with van der Waals surface area (Å²) >= 11 is 1.41. The molecule has 7 nitrogen and oxygen atoms in total. The Labute approximate surface area is 152 Å². The first-order chi connectivity index (χ1) is 12.6. The van der Waals surface area contributed by atoms with Crippen LogP contribution in [0.3, 0.4) is 0 Å². The Bertz CT molecular complexity index is 1130. The number of aromatic nitrogens is 4. The van der Waals surface area contributed by atoms with E-state index in [0.717, 1.165) is 12.0 Å². The van der Waals surface area contributed by atoms with E-state index in [4.69, 9.17) is 5.73 Å². The molecule has 0 atom stereocenters. The van der Waals surface area contributed by atoms with Gasteiger partial charge in [0.1, 0.15) is 16.3 Å². The van der Waals surface area contributed by atoms with Gasteiger partial charge in [-0.3, -0.25) is 4.79 Å². The van der Waals surface area contributed by atoms with Crippen LogP contribution in [0, 0.1) is 0 Å². The molecule has 0 saturated carbocycles. The number of imidazole rings is 1. The number of amides is 1. The van der Waals surface area contributed by atoms with E-state index < -0.39 is 5.91 Å². The van der Waals surface area contributed by atoms with Gasteiger partial charge in [-0.1, -0.05) is 30.3 Å². The van der Waals surface area contributed by atoms with E-state index in [2.05, 4.69) is 15.0 Å². The normalized spacial score (nSPS) is 11.1. The van der Waals surface area contributed by atoms with E-state index in [1.807, 2.05) is 47.8 Å². The summed E-state index contributed by atoms with van der Waals surface area (Å²) in [6.45, 7) is 0. The monoisotopic (exact) mass is 365 g/mol. The first-order valence-corrected chi connectivity index (χ1v) is 8.90. The predicted octanol–water partition coefficient (Wildman–Crippen LogP) is 2.05. The maximum absolute atomic E-state index is 12.4. The van der Waals surface area contributed by atoms with Crippen molar-refractivity contribution in [1.82, 2.24) is 19.5 Å². The van der Waals surface area contributed by atoms with Gasteiger partial charge in [-0.05, 0) is 29.5 Å². The smallest absolute Gasteiger partial charge is 0.333 e. The second-order valence-electron chi connectivity index (χ2n) is 5.75. The quantitative estimate of drug-likeness (QED) is 0.564. The van der Waals surface area contributed by atoms with Gasteiger partial charge in [0.15, 0.2) is 11.3 Å². The number of carbonyl (C=O) groups is 1. The molecule has 8 heteroatoms. The number of H-pyrrole nitrogens is 1. The van der Waals surface area contributed by atoms with Gasteiger partial charge in [0.05, 0.1) is 0 Å². The third-order valence-corrected chi connectivity index (χ3v) is 4.88. The Morgan fingerprint density at radius 1 is 1.12 bits per heavy atom. The summed E-state index contributed by atoms with van der Waals surface area (Å²) in [7, 11) is 0. The molecule has 4 rings (SSSR count). The summed E-state index contributed by atoms with van der Waals surface area (Å²) in [5, 5.41) is 2.58. The zero-order valence-electron chi connectivity index (χ0n) is 13.7. The molecule has 3 N–H and O–H groups in total. The van der Waals surface area contributed by atoms with Crippen LogP contribution in [0.15, 0.2) is 52.6 Å². The van der Waals surface area contributed by atoms with E-state index >= 15 is 0 Å². The van der Waals surface area contributed by atoms with E-state index in [1.54, 1.807) is 0 Å². The van der Waals surface area contributed by atoms with Gasteiger partial charge in [-0.2, -0.15) is 0 Å². The first-order valence-electron chi connectivity index (χ1n) is 8.03. The fourth-order valence-corrected chi connectivity index (χ4v) is 3.55. The second-order valence-corrected chi connectivity index (χ2v) is 6.68. The molecule has 0 fully saturated rings. The molecule has 4 aromatic rings. The summed E-state index contributed by atoms with van der Waals surface area (Å²) in [6, 6.07) is 13.6. The topological polar surface area (TPSA) is 107 Å². The second kappa shape index (κ2) is 6.57. The summed E-state index contributed by atoms with van der Waals surface area (Å²) in [4.78, 5) is 35.7. The molecule has 0 spiro atoms. The Morgan fingerprint density at radius 3 is 2.62 bits per heavy atom. The highest BCUT2D eigenvalue weighted by molar-refractivity contribution is 7.12. The summed E-state index contributed by atoms with van der Waals surface area (Å²) in [5.74, 6) is -0.225. The molecular weight excluding hydrogens is 350 g/mol. The van der Waals surface area contributed by atoms with Crippen LogP contribution in [0.5, 0.6) is 0 Å². The van der Waals surface area contributed by atoms with Crippen LogP contribution in [0.1, 0.15) is 21.9 Å². The Balaban J connectivity index is 1.83. The Kier molecular flexibility index (Phi) is 4.10. The number of nitrogens with one attached hydrogen (secondary N) is 1. The first kappa shape index (κ1) is 16.2. The zero-order chi connectivity index (χ0) is 18.1. The number of nitrogens with zero attached hydrogens (tertiary/aromatic N) is 3. The molecule has 26 heavy (non-hydrogen) atoms. The highest BCUT2D eigenvalue weighted by Gasteiger charge is 2.19. The molecule has 0 aliphatic rings. The summed E-state index contributed by atoms with van der Waals surface area (Å²) in [6.07, 6.45) is 1.25. The molecule has 1 aromatic carbocycles. The lowest BCUT2D eigenvalue weighted by atomic mass is 10.1. The highest BCUT2D eigenvalue weighted by Crippen LogP contribution is 2.20. The van der Waals surface area contributed by atoms with E-state index in [0.29, 0.717) is 22.9 Å². The SMILES string of the molecule is NC(=O)c1nc(CCc2ccccc2)nc2c1[nH]c(=O)n2-c1cccs1. The Hall–Kier alpha value is -3.26. The minimum Gasteiger partial charge on any atom is -0.364 e. The van der Waals surface area contributed by atoms with Gasteiger partial charge < -0.3 is 10.7 Å². The lowest BCUT2D eigenvalue weighted by Gasteiger charge is -2.05. The number of aryl methyl sites for hydroxylation is 2. The van der Waals surface area contributed by atoms with Gasteiger partial charge in [0.25, 0.3) is 5.91 Å². The van der Waals surface area contributed by atoms with Gasteiger partial charge in [0.2, 0.25) is 0 Å². The minimum atomic E-state index is -0.696. The molecule has 130 valence electrons. The molecule has 0 bridgehead atoms. The summed E-state index contributed by atoms with van der Waals surface area (Å²) < 4.78 is 1.44. The minimum absolute atomic E-state index is 0.0328. The molecular formula is C18H15N5O2S. The van der Waals surface area contributed by atoms with Crippen molar-refractivity contribution in [3.05, 3.63) is 75.4 Å². The van der Waals surface area contributed by atoms with E-state index in [1.165, 1.54) is 15.9 Å². The lowest BCUT2D eigenvalue weighted by molar-refractivity contribution is 0.0996. The lowest BCUT2D eigenvalue weighted by Crippen LogP contribution is -2.16. The highest BCUT2D eigenvalue weighted by atomic mass is 32.1. The average molecular weight is 365 g/mol. The Morgan fingerprint density at radius 2 is 1.92 bits per heavy atom. The average Bonchev–Trinajstić information content (AvgIpc) is 3.26. The molecule has 0 saturated heterocycles. The molecule has 0 radical (unpaired) electrons. The fraction of sp³-hybridized carbons (Fsp3) is 0.111. The van der Waals surface area contributed by atoms with Crippen molar-refractivity contribution in [3.8, 4) is 5.00 Å². The van der Waals surface area contributed by atoms with E-state index in [-0.39, 0.29) is 16.9 Å². The molecule has 0 unspecified atom stereocenters. The van der Waals surface area contributed by atoms with Crippen molar-refractivity contribution in [1.29, 1.82) is 0 Å². The standard InChI is InChI=1S/C18H15N5O2S/c19-16(24)14-15-17(23(18(25)22-15)13-7-4-10-26-13)21-12(20-14)9-8-11-5-2-1-3-6-11/h1-7,10H,8-9H2,(H2,19,24)(H,22,25). The number of carbonyl (C=O) groups excluding carboxylic acids is 1. The fourth-order valence-electron chi connectivity index (χ4n) is 2.82. The number of primary amides is 1. The van der Waals surface area contributed by atoms with Crippen molar-refractivity contribution in [2.45, 2.75) is 12.8 Å². The van der Waals surface area contributed by atoms with Gasteiger partial charge >= 0.3 is 5.69 Å². The van der Waals surface area contributed by atoms with Crippen molar-refractivity contribution in [2.24, 2.45) is 5.73 Å². The van der Waals surface area contributed by atoms with Crippen LogP contribution in [-0.2, 0) is 12.8 Å². The van der Waals surface area contributed by atoms with Crippen molar-refractivity contribution >= 4 is 28.4 Å². The number of aromatic amines is 1. The number of rotatable bonds is 5. The van der Waals surface area contributed by atoms with Crippen molar-refractivity contribution < 1.29 is 4.79 Å². The number of hydrogen-bond donors (Lipinski definition) is 2. The zero-order valence-corrected chi connectivity index (χ0v) is 14.5. The molecule has 0 aliphatic heterocycles. The number of benzene rings is 1. The number of thiophene rings is 1. The van der Waals surface area contributed by atoms with Crippen LogP contribution in [-0.4, -0.2) is 25.4 Å². The maximum atomic E-state index is 12.4. The third kappa shape index (κ3) is 2.91. The molecule has 1 amide bonds. The largest absolute Gasteiger partial charge is 0.364 e. The van der Waals surface area contributed by atoms with Gasteiger partial charge in [-0.15, -0.1) is 11.3 Å². The molecule has 3 heterocycles. The van der Waals surface area contributed by atoms with E-state index in [9.17, 15) is 9.59 Å². The van der Waals surface area contributed by atoms with Gasteiger partial charge in [0, 0.05) is 6.42 Å². The number of hydrogen-bond acceptors (Lipinski definition) is 5. The molecule has 3 aromatic heterocycles. The van der Waals surface area contributed by atoms with Crippen LogP contribution in [0.2, 0.25) is 0 Å². The number of fused-ring (bicyclic) bond motifs is 1.